The van der Waals surface area contributed by atoms with Gasteiger partial charge >= 0.3 is 6.03 Å². The predicted molar refractivity (Wildman–Crippen MR) is 159 cm³/mol. The number of ether oxygens (including phenoxy) is 1. The van der Waals surface area contributed by atoms with Gasteiger partial charge in [0.1, 0.15) is 17.5 Å². The number of nitrogens with zero attached hydrogens (tertiary/aromatic N) is 3. The van der Waals surface area contributed by atoms with E-state index in [2.05, 4.69) is 20.7 Å². The molecule has 2 heterocycles. The van der Waals surface area contributed by atoms with Crippen LogP contribution in [0.25, 0.3) is 0 Å². The zero-order chi connectivity index (χ0) is 29.8. The maximum Gasteiger partial charge on any atom is 0.323 e. The largest absolute Gasteiger partial charge is 0.486 e. The van der Waals surface area contributed by atoms with Crippen molar-refractivity contribution in [2.24, 2.45) is 5.92 Å². The van der Waals surface area contributed by atoms with Crippen molar-refractivity contribution in [1.29, 1.82) is 0 Å². The summed E-state index contributed by atoms with van der Waals surface area (Å²) in [5.74, 6) is 0.341. The average molecular weight is 605 g/mol. The third-order valence-corrected chi connectivity index (χ3v) is 7.88. The van der Waals surface area contributed by atoms with E-state index in [1.165, 1.54) is 0 Å². The maximum absolute atomic E-state index is 13.7. The maximum atomic E-state index is 13.7. The minimum atomic E-state index is -0.534. The number of aliphatic hydroxyl groups excluding tert-OH is 1. The Bertz CT molecular complexity index is 1390. The summed E-state index contributed by atoms with van der Waals surface area (Å²) < 4.78 is 11.7. The molecule has 3 N–H and O–H groups in total. The number of halogens is 2. The van der Waals surface area contributed by atoms with Crippen LogP contribution in [0.1, 0.15) is 41.2 Å². The summed E-state index contributed by atoms with van der Waals surface area (Å²) in [5, 5.41) is 20.4. The third-order valence-electron chi connectivity index (χ3n) is 7.14. The smallest absolute Gasteiger partial charge is 0.323 e. The molecule has 1 aromatic heterocycles. The molecule has 10 nitrogen and oxygen atoms in total. The summed E-state index contributed by atoms with van der Waals surface area (Å²) in [6, 6.07) is 9.61. The highest BCUT2D eigenvalue weighted by atomic mass is 35.5. The van der Waals surface area contributed by atoms with Gasteiger partial charge in [-0.1, -0.05) is 47.4 Å². The molecule has 41 heavy (non-hydrogen) atoms. The van der Waals surface area contributed by atoms with Crippen molar-refractivity contribution < 1.29 is 24.0 Å². The molecule has 0 saturated carbocycles. The number of aromatic nitrogens is 1. The molecule has 0 aliphatic carbocycles. The highest BCUT2D eigenvalue weighted by Crippen LogP contribution is 2.35. The van der Waals surface area contributed by atoms with Crippen molar-refractivity contribution in [2.45, 2.75) is 46.4 Å². The number of rotatable bonds is 8. The summed E-state index contributed by atoms with van der Waals surface area (Å²) in [6.45, 7) is 8.53. The minimum absolute atomic E-state index is 0.110. The lowest BCUT2D eigenvalue weighted by Crippen LogP contribution is -2.49. The molecule has 1 aliphatic heterocycles. The van der Waals surface area contributed by atoms with Gasteiger partial charge in [-0.15, -0.1) is 0 Å². The van der Waals surface area contributed by atoms with Crippen molar-refractivity contribution in [3.8, 4) is 5.75 Å². The van der Waals surface area contributed by atoms with Crippen LogP contribution in [0.2, 0.25) is 10.0 Å². The lowest BCUT2D eigenvalue weighted by atomic mass is 9.99. The first kappa shape index (κ1) is 30.6. The summed E-state index contributed by atoms with van der Waals surface area (Å²) in [7, 11) is 1.97. The molecule has 0 bridgehead atoms. The first-order valence-electron chi connectivity index (χ1n) is 13.3. The number of amides is 3. The summed E-state index contributed by atoms with van der Waals surface area (Å²) in [5.41, 5.74) is 2.63. The first-order valence-corrected chi connectivity index (χ1v) is 14.1. The fourth-order valence-electron chi connectivity index (χ4n) is 4.81. The summed E-state index contributed by atoms with van der Waals surface area (Å²) >= 11 is 12.3. The molecular formula is C29H35Cl2N5O5. The third kappa shape index (κ3) is 7.13. The van der Waals surface area contributed by atoms with E-state index in [1.54, 1.807) is 49.9 Å². The second-order valence-corrected chi connectivity index (χ2v) is 11.3. The van der Waals surface area contributed by atoms with Crippen LogP contribution in [0.15, 0.2) is 40.9 Å². The van der Waals surface area contributed by atoms with Gasteiger partial charge in [0.25, 0.3) is 5.91 Å². The van der Waals surface area contributed by atoms with Crippen molar-refractivity contribution in [2.75, 3.05) is 37.4 Å². The average Bonchev–Trinajstić information content (AvgIpc) is 3.24. The van der Waals surface area contributed by atoms with Crippen LogP contribution in [0.3, 0.4) is 0 Å². The zero-order valence-electron chi connectivity index (χ0n) is 23.7. The van der Waals surface area contributed by atoms with E-state index in [1.807, 2.05) is 26.1 Å². The number of para-hydroxylation sites is 1. The van der Waals surface area contributed by atoms with Crippen LogP contribution in [0, 0.1) is 19.8 Å². The van der Waals surface area contributed by atoms with Crippen LogP contribution < -0.4 is 15.4 Å². The topological polar surface area (TPSA) is 120 Å². The number of benzene rings is 2. The molecule has 1 aliphatic rings. The number of carbonyl (C=O) groups excluding carboxylic acids is 2. The molecule has 3 atom stereocenters. The van der Waals surface area contributed by atoms with Crippen LogP contribution >= 0.6 is 23.2 Å². The summed E-state index contributed by atoms with van der Waals surface area (Å²) in [6.07, 6.45) is -0.364. The SMILES string of the molecule is Cc1noc(C)c1NC(=O)Nc1cccc2c1O[C@H](CN(C)Cc1ccc(Cl)c(Cl)c1)[C@@H](C)CN([C@@H](C)CO)C2=O. The van der Waals surface area contributed by atoms with E-state index in [9.17, 15) is 14.7 Å². The molecule has 4 rings (SSSR count). The molecule has 0 unspecified atom stereocenters. The Balaban J connectivity index is 1.64. The normalized spacial score (nSPS) is 17.9. The van der Waals surface area contributed by atoms with Gasteiger partial charge < -0.3 is 29.9 Å². The van der Waals surface area contributed by atoms with Gasteiger partial charge in [0, 0.05) is 25.6 Å². The number of aryl methyl sites for hydroxylation is 2. The van der Waals surface area contributed by atoms with Crippen LogP contribution in [0.4, 0.5) is 16.2 Å². The predicted octanol–water partition coefficient (Wildman–Crippen LogP) is 5.59. The molecule has 3 amide bonds. The van der Waals surface area contributed by atoms with E-state index in [4.69, 9.17) is 32.5 Å². The van der Waals surface area contributed by atoms with E-state index in [0.717, 1.165) is 5.56 Å². The first-order chi connectivity index (χ1) is 19.5. The zero-order valence-corrected chi connectivity index (χ0v) is 25.2. The van der Waals surface area contributed by atoms with E-state index < -0.39 is 12.1 Å². The Labute approximate surface area is 249 Å². The Morgan fingerprint density at radius 2 is 1.98 bits per heavy atom. The Hall–Kier alpha value is -3.31. The number of anilines is 2. The molecule has 0 spiro atoms. The highest BCUT2D eigenvalue weighted by Gasteiger charge is 2.34. The lowest BCUT2D eigenvalue weighted by Gasteiger charge is -2.38. The molecular weight excluding hydrogens is 569 g/mol. The molecule has 220 valence electrons. The van der Waals surface area contributed by atoms with Crippen LogP contribution in [-0.4, -0.2) is 70.9 Å². The fraction of sp³-hybridized carbons (Fsp3) is 0.414. The van der Waals surface area contributed by atoms with Crippen molar-refractivity contribution in [3.63, 3.8) is 0 Å². The van der Waals surface area contributed by atoms with Crippen molar-refractivity contribution in [3.05, 3.63) is 69.0 Å². The molecule has 0 saturated heterocycles. The molecule has 0 radical (unpaired) electrons. The molecule has 12 heteroatoms. The second kappa shape index (κ2) is 13.1. The van der Waals surface area contributed by atoms with E-state index >= 15 is 0 Å². The molecule has 2 aromatic carbocycles. The number of hydrogen-bond acceptors (Lipinski definition) is 7. The molecule has 3 aromatic rings. The molecule has 0 fully saturated rings. The van der Waals surface area contributed by atoms with Crippen LogP contribution in [-0.2, 0) is 6.54 Å². The van der Waals surface area contributed by atoms with Gasteiger partial charge in [0.15, 0.2) is 11.5 Å². The van der Waals surface area contributed by atoms with Crippen LogP contribution in [0.5, 0.6) is 5.75 Å². The number of aliphatic hydroxyl groups is 1. The number of hydrogen-bond donors (Lipinski definition) is 3. The quantitative estimate of drug-likeness (QED) is 0.307. The Kier molecular flexibility index (Phi) is 9.80. The van der Waals surface area contributed by atoms with Gasteiger partial charge in [-0.2, -0.15) is 0 Å². The highest BCUT2D eigenvalue weighted by molar-refractivity contribution is 6.42. The van der Waals surface area contributed by atoms with Crippen molar-refractivity contribution in [1.82, 2.24) is 15.0 Å². The Morgan fingerprint density at radius 1 is 1.22 bits per heavy atom. The second-order valence-electron chi connectivity index (χ2n) is 10.5. The van der Waals surface area contributed by atoms with E-state index in [-0.39, 0.29) is 30.3 Å². The number of carbonyl (C=O) groups is 2. The number of nitrogens with one attached hydrogen (secondary N) is 2. The van der Waals surface area contributed by atoms with Gasteiger partial charge in [-0.3, -0.25) is 9.69 Å². The number of fused-ring (bicyclic) bond motifs is 1. The van der Waals surface area contributed by atoms with Gasteiger partial charge in [0.05, 0.1) is 33.9 Å². The van der Waals surface area contributed by atoms with Crippen molar-refractivity contribution >= 4 is 46.5 Å². The minimum Gasteiger partial charge on any atom is -0.486 e. The lowest BCUT2D eigenvalue weighted by molar-refractivity contribution is 0.0343. The number of likely N-dealkylation sites (N-methyl/N-ethyl adjacent to an activating group) is 1. The Morgan fingerprint density at radius 3 is 2.63 bits per heavy atom. The number of urea groups is 1. The summed E-state index contributed by atoms with van der Waals surface area (Å²) in [4.78, 5) is 30.5. The standard InChI is InChI=1S/C29H35Cl2N5O5/c1-16-12-36(17(2)15-37)28(38)21-7-6-8-24(32-29(39)33-26-18(3)34-41-19(26)4)27(21)40-25(16)14-35(5)13-20-9-10-22(30)23(31)11-20/h6-11,16-17,25,37H,12-15H2,1-5H3,(H2,32,33,39)/t16-,17-,25+/m0/s1. The van der Waals surface area contributed by atoms with Gasteiger partial charge in [0.2, 0.25) is 0 Å². The monoisotopic (exact) mass is 603 g/mol. The van der Waals surface area contributed by atoms with Gasteiger partial charge in [-0.05, 0) is 57.6 Å². The van der Waals surface area contributed by atoms with E-state index in [0.29, 0.717) is 58.1 Å². The fourth-order valence-corrected chi connectivity index (χ4v) is 5.13. The van der Waals surface area contributed by atoms with Gasteiger partial charge in [-0.25, -0.2) is 4.79 Å².